The molecule has 2 atom stereocenters. The molecule has 2 N–H and O–H groups in total. The Bertz CT molecular complexity index is 370. The number of hydrogen-bond acceptors (Lipinski definition) is 1. The molecule has 1 fully saturated rings. The van der Waals surface area contributed by atoms with E-state index in [1.807, 2.05) is 0 Å². The van der Waals surface area contributed by atoms with Crippen molar-refractivity contribution < 1.29 is 0 Å². The smallest absolute Gasteiger partial charge is 0.00475 e. The van der Waals surface area contributed by atoms with Gasteiger partial charge in [0.25, 0.3) is 0 Å². The van der Waals surface area contributed by atoms with Crippen molar-refractivity contribution in [3.05, 3.63) is 34.9 Å². The summed E-state index contributed by atoms with van der Waals surface area (Å²) in [6, 6.07) is 7.17. The summed E-state index contributed by atoms with van der Waals surface area (Å²) in [6.07, 6.45) is 3.54. The van der Waals surface area contributed by atoms with Gasteiger partial charge in [0.15, 0.2) is 0 Å². The fraction of sp³-hybridized carbons (Fsp3) is 0.571. The van der Waals surface area contributed by atoms with Gasteiger partial charge >= 0.3 is 0 Å². The van der Waals surface area contributed by atoms with Gasteiger partial charge in [-0.15, -0.1) is 0 Å². The number of hydrogen-bond donors (Lipinski definition) is 1. The van der Waals surface area contributed by atoms with E-state index in [-0.39, 0.29) is 0 Å². The fourth-order valence-electron chi connectivity index (χ4n) is 2.92. The molecule has 2 unspecified atom stereocenters. The molecular weight excluding hydrogens is 182 g/mol. The van der Waals surface area contributed by atoms with E-state index in [9.17, 15) is 0 Å². The van der Waals surface area contributed by atoms with Gasteiger partial charge < -0.3 is 5.73 Å². The maximum absolute atomic E-state index is 6.04. The first-order valence-corrected chi connectivity index (χ1v) is 5.84. The molecule has 82 valence electrons. The maximum Gasteiger partial charge on any atom is 0.00475 e. The van der Waals surface area contributed by atoms with Crippen LogP contribution in [0.25, 0.3) is 0 Å². The molecule has 0 saturated heterocycles. The van der Waals surface area contributed by atoms with Crippen LogP contribution in [0.5, 0.6) is 0 Å². The Balaban J connectivity index is 2.40. The molecular formula is C14H21N. The van der Waals surface area contributed by atoms with Gasteiger partial charge in [-0.1, -0.05) is 30.7 Å². The summed E-state index contributed by atoms with van der Waals surface area (Å²) in [6.45, 7) is 6.74. The number of nitrogens with two attached hydrogens (primary N) is 1. The topological polar surface area (TPSA) is 26.0 Å². The van der Waals surface area contributed by atoms with Crippen molar-refractivity contribution in [1.82, 2.24) is 0 Å². The van der Waals surface area contributed by atoms with E-state index >= 15 is 0 Å². The maximum atomic E-state index is 6.04. The number of benzene rings is 1. The lowest BCUT2D eigenvalue weighted by Crippen LogP contribution is -2.23. The lowest BCUT2D eigenvalue weighted by atomic mass is 9.78. The molecule has 0 heterocycles. The standard InChI is InChI=1S/C14H21N/c1-10-4-5-11(2)13(8-10)14(3)7-6-12(15)9-14/h4-5,8,12H,6-7,9,15H2,1-3H3. The van der Waals surface area contributed by atoms with Crippen LogP contribution in [0.3, 0.4) is 0 Å². The van der Waals surface area contributed by atoms with Gasteiger partial charge in [0.2, 0.25) is 0 Å². The molecule has 1 heteroatoms. The predicted octanol–water partition coefficient (Wildman–Crippen LogP) is 3.07. The normalized spacial score (nSPS) is 30.8. The largest absolute Gasteiger partial charge is 0.328 e. The minimum atomic E-state index is 0.315. The van der Waals surface area contributed by atoms with Crippen molar-refractivity contribution in [1.29, 1.82) is 0 Å². The Labute approximate surface area is 92.7 Å². The van der Waals surface area contributed by atoms with E-state index in [2.05, 4.69) is 39.0 Å². The van der Waals surface area contributed by atoms with Crippen LogP contribution in [0.4, 0.5) is 0 Å². The fourth-order valence-corrected chi connectivity index (χ4v) is 2.92. The molecule has 2 rings (SSSR count). The van der Waals surface area contributed by atoms with E-state index in [0.29, 0.717) is 11.5 Å². The third-order valence-electron chi connectivity index (χ3n) is 3.82. The van der Waals surface area contributed by atoms with Gasteiger partial charge in [0.05, 0.1) is 0 Å². The minimum absolute atomic E-state index is 0.315. The Morgan fingerprint density at radius 2 is 2.07 bits per heavy atom. The van der Waals surface area contributed by atoms with Crippen molar-refractivity contribution in [2.24, 2.45) is 5.73 Å². The summed E-state index contributed by atoms with van der Waals surface area (Å²) in [7, 11) is 0. The molecule has 1 nitrogen and oxygen atoms in total. The van der Waals surface area contributed by atoms with Crippen LogP contribution in [-0.2, 0) is 5.41 Å². The quantitative estimate of drug-likeness (QED) is 0.746. The van der Waals surface area contributed by atoms with Crippen molar-refractivity contribution in [3.63, 3.8) is 0 Å². The molecule has 0 radical (unpaired) electrons. The highest BCUT2D eigenvalue weighted by atomic mass is 14.7. The van der Waals surface area contributed by atoms with Crippen LogP contribution < -0.4 is 5.73 Å². The highest BCUT2D eigenvalue weighted by molar-refractivity contribution is 5.37. The van der Waals surface area contributed by atoms with Gasteiger partial charge in [0.1, 0.15) is 0 Å². The summed E-state index contributed by atoms with van der Waals surface area (Å²) in [5.74, 6) is 0. The van der Waals surface area contributed by atoms with E-state index in [1.54, 1.807) is 0 Å². The second kappa shape index (κ2) is 3.64. The monoisotopic (exact) mass is 203 g/mol. The lowest BCUT2D eigenvalue weighted by molar-refractivity contribution is 0.479. The molecule has 1 aliphatic rings. The van der Waals surface area contributed by atoms with Crippen LogP contribution in [0.1, 0.15) is 42.9 Å². The lowest BCUT2D eigenvalue weighted by Gasteiger charge is -2.27. The van der Waals surface area contributed by atoms with Gasteiger partial charge in [-0.05, 0) is 49.7 Å². The van der Waals surface area contributed by atoms with Crippen LogP contribution in [0, 0.1) is 13.8 Å². The first kappa shape index (κ1) is 10.7. The third kappa shape index (κ3) is 1.93. The number of rotatable bonds is 1. The van der Waals surface area contributed by atoms with Crippen LogP contribution >= 0.6 is 0 Å². The Morgan fingerprint density at radius 3 is 2.67 bits per heavy atom. The molecule has 1 saturated carbocycles. The van der Waals surface area contributed by atoms with Crippen molar-refractivity contribution in [2.45, 2.75) is 51.5 Å². The average molecular weight is 203 g/mol. The van der Waals surface area contributed by atoms with Gasteiger partial charge in [0, 0.05) is 6.04 Å². The van der Waals surface area contributed by atoms with Crippen molar-refractivity contribution >= 4 is 0 Å². The minimum Gasteiger partial charge on any atom is -0.328 e. The predicted molar refractivity (Wildman–Crippen MR) is 65.1 cm³/mol. The van der Waals surface area contributed by atoms with E-state index < -0.39 is 0 Å². The van der Waals surface area contributed by atoms with E-state index in [1.165, 1.54) is 29.5 Å². The molecule has 0 bridgehead atoms. The van der Waals surface area contributed by atoms with Crippen LogP contribution in [-0.4, -0.2) is 6.04 Å². The van der Waals surface area contributed by atoms with Gasteiger partial charge in [-0.25, -0.2) is 0 Å². The zero-order valence-electron chi connectivity index (χ0n) is 10.0. The summed E-state index contributed by atoms with van der Waals surface area (Å²) >= 11 is 0. The Morgan fingerprint density at radius 1 is 1.33 bits per heavy atom. The van der Waals surface area contributed by atoms with E-state index in [0.717, 1.165) is 6.42 Å². The van der Waals surface area contributed by atoms with Crippen molar-refractivity contribution in [3.8, 4) is 0 Å². The Hall–Kier alpha value is -0.820. The first-order valence-electron chi connectivity index (χ1n) is 5.84. The summed E-state index contributed by atoms with van der Waals surface area (Å²) < 4.78 is 0. The highest BCUT2D eigenvalue weighted by Gasteiger charge is 2.35. The number of aryl methyl sites for hydroxylation is 2. The molecule has 1 aliphatic carbocycles. The third-order valence-corrected chi connectivity index (χ3v) is 3.82. The average Bonchev–Trinajstić information content (AvgIpc) is 2.52. The SMILES string of the molecule is Cc1ccc(C)c(C2(C)CCC(N)C2)c1. The second-order valence-electron chi connectivity index (χ2n) is 5.38. The molecule has 0 aliphatic heterocycles. The van der Waals surface area contributed by atoms with Crippen LogP contribution in [0.2, 0.25) is 0 Å². The first-order chi connectivity index (χ1) is 7.01. The van der Waals surface area contributed by atoms with Crippen LogP contribution in [0.15, 0.2) is 18.2 Å². The molecule has 0 spiro atoms. The zero-order valence-corrected chi connectivity index (χ0v) is 10.0. The van der Waals surface area contributed by atoms with E-state index in [4.69, 9.17) is 5.73 Å². The summed E-state index contributed by atoms with van der Waals surface area (Å²) in [5, 5.41) is 0. The molecule has 0 amide bonds. The van der Waals surface area contributed by atoms with Gasteiger partial charge in [-0.3, -0.25) is 0 Å². The zero-order chi connectivity index (χ0) is 11.1. The summed E-state index contributed by atoms with van der Waals surface area (Å²) in [5.41, 5.74) is 10.6. The van der Waals surface area contributed by atoms with Crippen molar-refractivity contribution in [2.75, 3.05) is 0 Å². The highest BCUT2D eigenvalue weighted by Crippen LogP contribution is 2.41. The molecule has 1 aromatic rings. The summed E-state index contributed by atoms with van der Waals surface area (Å²) in [4.78, 5) is 0. The molecule has 0 aromatic heterocycles. The molecule has 15 heavy (non-hydrogen) atoms. The second-order valence-corrected chi connectivity index (χ2v) is 5.38. The van der Waals surface area contributed by atoms with Gasteiger partial charge in [-0.2, -0.15) is 0 Å². The Kier molecular flexibility index (Phi) is 2.59. The molecule has 1 aromatic carbocycles.